The van der Waals surface area contributed by atoms with E-state index in [4.69, 9.17) is 23.2 Å². The van der Waals surface area contributed by atoms with Crippen molar-refractivity contribution in [2.45, 2.75) is 19.5 Å². The van der Waals surface area contributed by atoms with Gasteiger partial charge in [0, 0.05) is 29.3 Å². The van der Waals surface area contributed by atoms with Crippen LogP contribution in [0.2, 0.25) is 10.0 Å². The molecule has 0 saturated carbocycles. The zero-order valence-electron chi connectivity index (χ0n) is 15.7. The molecule has 0 bridgehead atoms. The van der Waals surface area contributed by atoms with Crippen LogP contribution in [-0.2, 0) is 24.3 Å². The van der Waals surface area contributed by atoms with E-state index in [9.17, 15) is 9.59 Å². The highest BCUT2D eigenvalue weighted by atomic mass is 35.5. The first-order valence-corrected chi connectivity index (χ1v) is 9.96. The van der Waals surface area contributed by atoms with Crippen molar-refractivity contribution >= 4 is 34.8 Å². The van der Waals surface area contributed by atoms with Gasteiger partial charge in [-0.3, -0.25) is 9.59 Å². The number of hydrogen-bond donors (Lipinski definition) is 2. The van der Waals surface area contributed by atoms with E-state index in [0.29, 0.717) is 35.2 Å². The van der Waals surface area contributed by atoms with Crippen LogP contribution in [0, 0.1) is 0 Å². The molecule has 0 atom stereocenters. The SMILES string of the molecule is O=C(Cn1cccc(NCc2ccccc2)c1=O)NCCc1ccc(Cl)cc1Cl. The Morgan fingerprint density at radius 1 is 1.00 bits per heavy atom. The molecule has 0 spiro atoms. The summed E-state index contributed by atoms with van der Waals surface area (Å²) in [7, 11) is 0. The first kappa shape index (κ1) is 21.0. The Hall–Kier alpha value is -2.76. The molecule has 1 heterocycles. The molecule has 150 valence electrons. The van der Waals surface area contributed by atoms with Gasteiger partial charge >= 0.3 is 0 Å². The number of rotatable bonds is 8. The molecule has 0 unspecified atom stereocenters. The van der Waals surface area contributed by atoms with Crippen LogP contribution >= 0.6 is 23.2 Å². The average molecular weight is 430 g/mol. The van der Waals surface area contributed by atoms with E-state index in [-0.39, 0.29) is 18.0 Å². The Morgan fingerprint density at radius 3 is 2.55 bits per heavy atom. The number of hydrogen-bond acceptors (Lipinski definition) is 3. The van der Waals surface area contributed by atoms with Crippen molar-refractivity contribution in [2.24, 2.45) is 0 Å². The van der Waals surface area contributed by atoms with Crippen molar-refractivity contribution in [2.75, 3.05) is 11.9 Å². The summed E-state index contributed by atoms with van der Waals surface area (Å²) in [6.45, 7) is 0.906. The summed E-state index contributed by atoms with van der Waals surface area (Å²) in [6.07, 6.45) is 2.18. The minimum absolute atomic E-state index is 0.0476. The number of halogens is 2. The second-order valence-electron chi connectivity index (χ2n) is 6.53. The maximum absolute atomic E-state index is 12.6. The molecule has 3 rings (SSSR count). The number of benzene rings is 2. The summed E-state index contributed by atoms with van der Waals surface area (Å²) in [5.41, 5.74) is 2.19. The summed E-state index contributed by atoms with van der Waals surface area (Å²) in [4.78, 5) is 24.8. The third-order valence-corrected chi connectivity index (χ3v) is 4.98. The predicted molar refractivity (Wildman–Crippen MR) is 118 cm³/mol. The van der Waals surface area contributed by atoms with E-state index in [0.717, 1.165) is 11.1 Å². The maximum atomic E-state index is 12.6. The van der Waals surface area contributed by atoms with Crippen LogP contribution in [0.4, 0.5) is 5.69 Å². The number of amides is 1. The lowest BCUT2D eigenvalue weighted by Crippen LogP contribution is -2.33. The van der Waals surface area contributed by atoms with Crippen LogP contribution in [0.1, 0.15) is 11.1 Å². The summed E-state index contributed by atoms with van der Waals surface area (Å²) in [5, 5.41) is 7.08. The molecule has 5 nitrogen and oxygen atoms in total. The summed E-state index contributed by atoms with van der Waals surface area (Å²) in [6, 6.07) is 18.5. The Labute approximate surface area is 179 Å². The van der Waals surface area contributed by atoms with Crippen molar-refractivity contribution < 1.29 is 4.79 Å². The Bertz CT molecular complexity index is 1040. The average Bonchev–Trinajstić information content (AvgIpc) is 2.71. The fourth-order valence-electron chi connectivity index (χ4n) is 2.86. The van der Waals surface area contributed by atoms with Gasteiger partial charge in [0.25, 0.3) is 5.56 Å². The number of pyridine rings is 1. The summed E-state index contributed by atoms with van der Waals surface area (Å²) in [5.74, 6) is -0.239. The molecular weight excluding hydrogens is 409 g/mol. The van der Waals surface area contributed by atoms with Gasteiger partial charge in [0.05, 0.1) is 0 Å². The molecule has 0 aliphatic rings. The first-order chi connectivity index (χ1) is 14.0. The number of carbonyl (C=O) groups is 1. The molecule has 0 saturated heterocycles. The van der Waals surface area contributed by atoms with E-state index in [1.54, 1.807) is 30.5 Å². The van der Waals surface area contributed by atoms with Crippen LogP contribution < -0.4 is 16.2 Å². The highest BCUT2D eigenvalue weighted by Crippen LogP contribution is 2.21. The smallest absolute Gasteiger partial charge is 0.274 e. The lowest BCUT2D eigenvalue weighted by molar-refractivity contribution is -0.121. The molecule has 2 aromatic carbocycles. The fourth-order valence-corrected chi connectivity index (χ4v) is 3.36. The van der Waals surface area contributed by atoms with Crippen molar-refractivity contribution in [3.05, 3.63) is 98.4 Å². The Balaban J connectivity index is 1.54. The van der Waals surface area contributed by atoms with Gasteiger partial charge in [0.1, 0.15) is 12.2 Å². The number of nitrogens with one attached hydrogen (secondary N) is 2. The van der Waals surface area contributed by atoms with Crippen LogP contribution in [0.25, 0.3) is 0 Å². The van der Waals surface area contributed by atoms with Gasteiger partial charge in [0.2, 0.25) is 5.91 Å². The molecule has 7 heteroatoms. The lowest BCUT2D eigenvalue weighted by Gasteiger charge is -2.11. The zero-order chi connectivity index (χ0) is 20.6. The van der Waals surface area contributed by atoms with Crippen molar-refractivity contribution in [1.82, 2.24) is 9.88 Å². The largest absolute Gasteiger partial charge is 0.377 e. The van der Waals surface area contributed by atoms with E-state index in [1.807, 2.05) is 36.4 Å². The van der Waals surface area contributed by atoms with Crippen LogP contribution in [0.5, 0.6) is 0 Å². The Morgan fingerprint density at radius 2 is 1.79 bits per heavy atom. The maximum Gasteiger partial charge on any atom is 0.274 e. The van der Waals surface area contributed by atoms with Crippen molar-refractivity contribution in [3.8, 4) is 0 Å². The second kappa shape index (κ2) is 10.1. The molecule has 0 fully saturated rings. The van der Waals surface area contributed by atoms with Gasteiger partial charge in [-0.25, -0.2) is 0 Å². The topological polar surface area (TPSA) is 63.1 Å². The van der Waals surface area contributed by atoms with Crippen LogP contribution in [0.3, 0.4) is 0 Å². The molecular formula is C22H21Cl2N3O2. The third kappa shape index (κ3) is 6.11. The summed E-state index contributed by atoms with van der Waals surface area (Å²) < 4.78 is 1.39. The standard InChI is InChI=1S/C22H21Cl2N3O2/c23-18-9-8-17(19(24)13-18)10-11-25-21(28)15-27-12-4-7-20(22(27)29)26-14-16-5-2-1-3-6-16/h1-9,12-13,26H,10-11,14-15H2,(H,25,28). The van der Waals surface area contributed by atoms with E-state index in [1.165, 1.54) is 4.57 Å². The molecule has 0 radical (unpaired) electrons. The third-order valence-electron chi connectivity index (χ3n) is 4.39. The van der Waals surface area contributed by atoms with Crippen molar-refractivity contribution in [3.63, 3.8) is 0 Å². The monoisotopic (exact) mass is 429 g/mol. The van der Waals surface area contributed by atoms with E-state index >= 15 is 0 Å². The first-order valence-electron chi connectivity index (χ1n) is 9.21. The minimum atomic E-state index is -0.239. The summed E-state index contributed by atoms with van der Waals surface area (Å²) >= 11 is 12.0. The fraction of sp³-hybridized carbons (Fsp3) is 0.182. The number of aromatic nitrogens is 1. The quantitative estimate of drug-likeness (QED) is 0.565. The molecule has 2 N–H and O–H groups in total. The second-order valence-corrected chi connectivity index (χ2v) is 7.37. The molecule has 29 heavy (non-hydrogen) atoms. The number of nitrogens with zero attached hydrogens (tertiary/aromatic N) is 1. The van der Waals surface area contributed by atoms with Gasteiger partial charge in [-0.1, -0.05) is 59.6 Å². The minimum Gasteiger partial charge on any atom is -0.377 e. The molecule has 0 aliphatic heterocycles. The van der Waals surface area contributed by atoms with Gasteiger partial charge < -0.3 is 15.2 Å². The number of anilines is 1. The Kier molecular flexibility index (Phi) is 7.33. The molecule has 0 aliphatic carbocycles. The van der Waals surface area contributed by atoms with E-state index < -0.39 is 0 Å². The highest BCUT2D eigenvalue weighted by Gasteiger charge is 2.08. The predicted octanol–water partition coefficient (Wildman–Crippen LogP) is 4.13. The van der Waals surface area contributed by atoms with Crippen molar-refractivity contribution in [1.29, 1.82) is 0 Å². The lowest BCUT2D eigenvalue weighted by atomic mass is 10.1. The van der Waals surface area contributed by atoms with Gasteiger partial charge in [0.15, 0.2) is 0 Å². The normalized spacial score (nSPS) is 10.6. The molecule has 3 aromatic rings. The molecule has 1 amide bonds. The zero-order valence-corrected chi connectivity index (χ0v) is 17.2. The highest BCUT2D eigenvalue weighted by molar-refractivity contribution is 6.35. The van der Waals surface area contributed by atoms with E-state index in [2.05, 4.69) is 10.6 Å². The van der Waals surface area contributed by atoms with Gasteiger partial charge in [-0.15, -0.1) is 0 Å². The van der Waals surface area contributed by atoms with Crippen LogP contribution in [-0.4, -0.2) is 17.0 Å². The number of carbonyl (C=O) groups excluding carboxylic acids is 1. The van der Waals surface area contributed by atoms with Gasteiger partial charge in [-0.2, -0.15) is 0 Å². The van der Waals surface area contributed by atoms with Gasteiger partial charge in [-0.05, 0) is 41.8 Å². The molecule has 1 aromatic heterocycles. The van der Waals surface area contributed by atoms with Crippen LogP contribution in [0.15, 0.2) is 71.7 Å².